The zero-order valence-corrected chi connectivity index (χ0v) is 18.7. The minimum absolute atomic E-state index is 0.0597. The third-order valence-corrected chi connectivity index (χ3v) is 7.15. The molecule has 6 atom stereocenters. The molecule has 3 fully saturated rings. The van der Waals surface area contributed by atoms with Crippen LogP contribution in [0.5, 0.6) is 0 Å². The number of carbonyl (C=O) groups is 3. The highest BCUT2D eigenvalue weighted by Crippen LogP contribution is 2.66. The quantitative estimate of drug-likeness (QED) is 0.474. The highest BCUT2D eigenvalue weighted by atomic mass is 16.5. The number of hydrogen-bond donors (Lipinski definition) is 4. The lowest BCUT2D eigenvalue weighted by Crippen LogP contribution is -2.64. The maximum atomic E-state index is 12.6. The SMILES string of the molecule is CNC(=O)O.CNC(=O)O.COC1=C2O[C@H]3C(=O)C=C[C@H]4[C@H]5CC(C=C1)C2[C@@]34CCN5C. The monoisotopic (exact) mass is 449 g/mol. The Labute approximate surface area is 186 Å². The van der Waals surface area contributed by atoms with Crippen molar-refractivity contribution in [3.05, 3.63) is 35.8 Å². The number of nitrogens with zero attached hydrogens (tertiary/aromatic N) is 1. The van der Waals surface area contributed by atoms with Gasteiger partial charge in [0.1, 0.15) is 5.76 Å². The molecule has 5 aliphatic rings. The zero-order valence-electron chi connectivity index (χ0n) is 18.7. The first-order valence-corrected chi connectivity index (χ1v) is 10.6. The second-order valence-electron chi connectivity index (χ2n) is 8.47. The normalized spacial score (nSPS) is 35.2. The van der Waals surface area contributed by atoms with Crippen molar-refractivity contribution in [1.82, 2.24) is 15.5 Å². The Morgan fingerprint density at radius 1 is 1.19 bits per heavy atom. The van der Waals surface area contributed by atoms with Crippen molar-refractivity contribution in [2.24, 2.45) is 23.2 Å². The summed E-state index contributed by atoms with van der Waals surface area (Å²) in [6.07, 6.45) is 8.12. The molecule has 0 aromatic heterocycles. The Hall–Kier alpha value is -3.01. The predicted octanol–water partition coefficient (Wildman–Crippen LogP) is 1.66. The smallest absolute Gasteiger partial charge is 0.404 e. The van der Waals surface area contributed by atoms with Gasteiger partial charge in [0, 0.05) is 37.4 Å². The molecule has 2 unspecified atom stereocenters. The summed E-state index contributed by atoms with van der Waals surface area (Å²) in [7, 11) is 6.61. The van der Waals surface area contributed by atoms with E-state index in [1.165, 1.54) is 14.1 Å². The lowest BCUT2D eigenvalue weighted by atomic mass is 9.48. The van der Waals surface area contributed by atoms with E-state index in [-0.39, 0.29) is 17.3 Å². The number of nitrogens with one attached hydrogen (secondary N) is 2. The predicted molar refractivity (Wildman–Crippen MR) is 115 cm³/mol. The van der Waals surface area contributed by atoms with Crippen LogP contribution in [0.1, 0.15) is 12.8 Å². The molecule has 0 aromatic rings. The van der Waals surface area contributed by atoms with Crippen molar-refractivity contribution < 1.29 is 34.1 Å². The maximum absolute atomic E-state index is 12.6. The second kappa shape index (κ2) is 9.23. The number of carbonyl (C=O) groups excluding carboxylic acids is 1. The molecule has 0 radical (unpaired) electrons. The van der Waals surface area contributed by atoms with E-state index in [0.717, 1.165) is 30.9 Å². The molecule has 4 N–H and O–H groups in total. The summed E-state index contributed by atoms with van der Waals surface area (Å²) in [5.41, 5.74) is -0.0597. The van der Waals surface area contributed by atoms with E-state index in [9.17, 15) is 14.4 Å². The van der Waals surface area contributed by atoms with E-state index < -0.39 is 12.2 Å². The number of rotatable bonds is 1. The largest absolute Gasteiger partial charge is 0.493 e. The number of ketones is 1. The number of hydrogen-bond acceptors (Lipinski definition) is 6. The van der Waals surface area contributed by atoms with Crippen molar-refractivity contribution in [2.45, 2.75) is 25.0 Å². The molecule has 2 amide bonds. The fourth-order valence-electron chi connectivity index (χ4n) is 5.83. The number of likely N-dealkylation sites (tertiary alicyclic amines) is 1. The summed E-state index contributed by atoms with van der Waals surface area (Å²) in [5.74, 6) is 3.07. The van der Waals surface area contributed by atoms with Crippen LogP contribution in [0.3, 0.4) is 0 Å². The molecular weight excluding hydrogens is 418 g/mol. The van der Waals surface area contributed by atoms with Crippen LogP contribution in [0.15, 0.2) is 35.8 Å². The van der Waals surface area contributed by atoms with Gasteiger partial charge in [-0.25, -0.2) is 9.59 Å². The van der Waals surface area contributed by atoms with Crippen LogP contribution in [0, 0.1) is 23.2 Å². The average molecular weight is 450 g/mol. The Morgan fingerprint density at radius 2 is 1.81 bits per heavy atom. The highest BCUT2D eigenvalue weighted by Gasteiger charge is 2.69. The summed E-state index contributed by atoms with van der Waals surface area (Å²) < 4.78 is 11.8. The molecule has 2 saturated heterocycles. The zero-order chi connectivity index (χ0) is 23.6. The Bertz CT molecular complexity index is 854. The van der Waals surface area contributed by atoms with Crippen molar-refractivity contribution in [1.29, 1.82) is 0 Å². The van der Waals surface area contributed by atoms with Gasteiger partial charge in [0.2, 0.25) is 0 Å². The number of allylic oxidation sites excluding steroid dienone is 3. The number of ether oxygens (including phenoxy) is 2. The van der Waals surface area contributed by atoms with Gasteiger partial charge in [0.05, 0.1) is 7.11 Å². The van der Waals surface area contributed by atoms with Gasteiger partial charge >= 0.3 is 12.2 Å². The number of amides is 2. The van der Waals surface area contributed by atoms with Crippen LogP contribution >= 0.6 is 0 Å². The average Bonchev–Trinajstić information content (AvgIpc) is 3.14. The Kier molecular flexibility index (Phi) is 6.82. The van der Waals surface area contributed by atoms with Gasteiger partial charge in [-0.15, -0.1) is 0 Å². The molecule has 10 nitrogen and oxygen atoms in total. The second-order valence-corrected chi connectivity index (χ2v) is 8.47. The van der Waals surface area contributed by atoms with Gasteiger partial charge in [-0.3, -0.25) is 4.79 Å². The summed E-state index contributed by atoms with van der Waals surface area (Å²) in [6.45, 7) is 1.05. The van der Waals surface area contributed by atoms with Gasteiger partial charge in [-0.1, -0.05) is 12.2 Å². The van der Waals surface area contributed by atoms with Gasteiger partial charge in [-0.2, -0.15) is 0 Å². The third kappa shape index (κ3) is 3.83. The highest BCUT2D eigenvalue weighted by molar-refractivity contribution is 5.96. The van der Waals surface area contributed by atoms with Crippen molar-refractivity contribution in [2.75, 3.05) is 34.8 Å². The molecular formula is C22H31N3O7. The van der Waals surface area contributed by atoms with Crippen LogP contribution in [0.25, 0.3) is 0 Å². The lowest BCUT2D eigenvalue weighted by molar-refractivity contribution is -0.140. The van der Waals surface area contributed by atoms with E-state index in [1.807, 2.05) is 16.7 Å². The molecule has 3 aliphatic carbocycles. The lowest BCUT2D eigenvalue weighted by Gasteiger charge is -2.59. The summed E-state index contributed by atoms with van der Waals surface area (Å²) in [4.78, 5) is 33.5. The first kappa shape index (κ1) is 23.6. The van der Waals surface area contributed by atoms with Crippen LogP contribution in [0.4, 0.5) is 9.59 Å². The first-order chi connectivity index (χ1) is 15.2. The maximum Gasteiger partial charge on any atom is 0.404 e. The molecule has 2 heterocycles. The fraction of sp³-hybridized carbons (Fsp3) is 0.591. The summed E-state index contributed by atoms with van der Waals surface area (Å²) in [5, 5.41) is 19.1. The van der Waals surface area contributed by atoms with E-state index in [0.29, 0.717) is 23.8 Å². The van der Waals surface area contributed by atoms with Crippen LogP contribution in [-0.2, 0) is 14.3 Å². The van der Waals surface area contributed by atoms with E-state index in [4.69, 9.17) is 19.7 Å². The Balaban J connectivity index is 0.000000246. The van der Waals surface area contributed by atoms with E-state index in [2.05, 4.69) is 24.1 Å². The molecule has 2 bridgehead atoms. The summed E-state index contributed by atoms with van der Waals surface area (Å²) in [6, 6.07) is 0.513. The summed E-state index contributed by atoms with van der Waals surface area (Å²) >= 11 is 0. The van der Waals surface area contributed by atoms with Gasteiger partial charge in [0.25, 0.3) is 0 Å². The molecule has 0 aromatic carbocycles. The number of piperidine rings is 1. The minimum Gasteiger partial charge on any atom is -0.493 e. The molecule has 1 spiro atoms. The number of methoxy groups -OCH3 is 1. The van der Waals surface area contributed by atoms with Crippen molar-refractivity contribution >= 4 is 18.0 Å². The van der Waals surface area contributed by atoms with Gasteiger partial charge < -0.3 is 35.2 Å². The molecule has 10 heteroatoms. The van der Waals surface area contributed by atoms with Crippen LogP contribution < -0.4 is 10.6 Å². The molecule has 5 rings (SSSR count). The van der Waals surface area contributed by atoms with Gasteiger partial charge in [-0.05, 0) is 44.5 Å². The molecule has 32 heavy (non-hydrogen) atoms. The van der Waals surface area contributed by atoms with E-state index in [1.54, 1.807) is 13.2 Å². The van der Waals surface area contributed by atoms with E-state index >= 15 is 0 Å². The fourth-order valence-corrected chi connectivity index (χ4v) is 5.83. The first-order valence-electron chi connectivity index (χ1n) is 10.6. The van der Waals surface area contributed by atoms with Gasteiger partial charge in [0.15, 0.2) is 17.6 Å². The van der Waals surface area contributed by atoms with Crippen LogP contribution in [0.2, 0.25) is 0 Å². The van der Waals surface area contributed by atoms with Crippen molar-refractivity contribution in [3.63, 3.8) is 0 Å². The standard InChI is InChI=1S/C18H21NO3.2C2H5NO2/c1-19-8-7-18-11-4-5-13(20)17(18)22-16-14(21-2)6-3-10(15(16)18)9-12(11)19;2*1-3-2(4)5/h3-6,10-12,15,17H,7-9H2,1-2H3;2*3H,1H3,(H,4,5)/t10?,11-,12+,15?,17-,18-;;/m0../s1. The molecule has 2 aliphatic heterocycles. The minimum atomic E-state index is -0.995. The van der Waals surface area contributed by atoms with Crippen molar-refractivity contribution in [3.8, 4) is 0 Å². The van der Waals surface area contributed by atoms with Crippen LogP contribution in [-0.4, -0.2) is 80.0 Å². The molecule has 176 valence electrons. The third-order valence-electron chi connectivity index (χ3n) is 7.15. The number of carboxylic acid groups (broad SMARTS) is 2. The molecule has 1 saturated carbocycles. The topological polar surface area (TPSA) is 137 Å². The Morgan fingerprint density at radius 3 is 2.38 bits per heavy atom.